The molecule has 0 aliphatic carbocycles. The second kappa shape index (κ2) is 4.21. The normalized spacial score (nSPS) is 16.7. The van der Waals surface area contributed by atoms with E-state index in [9.17, 15) is 4.79 Å². The molecule has 2 heterocycles. The summed E-state index contributed by atoms with van der Waals surface area (Å²) in [6.07, 6.45) is 0.882. The van der Waals surface area contributed by atoms with Crippen LogP contribution in [-0.4, -0.2) is 30.5 Å². The van der Waals surface area contributed by atoms with Gasteiger partial charge in [0.2, 0.25) is 5.91 Å². The molecule has 1 aliphatic heterocycles. The van der Waals surface area contributed by atoms with Gasteiger partial charge in [0.1, 0.15) is 12.1 Å². The number of oxazole rings is 1. The van der Waals surface area contributed by atoms with E-state index in [0.29, 0.717) is 23.8 Å². The van der Waals surface area contributed by atoms with Crippen molar-refractivity contribution in [3.05, 3.63) is 18.2 Å². The van der Waals surface area contributed by atoms with Crippen LogP contribution in [0.5, 0.6) is 0 Å². The number of nitrogens with zero attached hydrogens (tertiary/aromatic N) is 2. The number of anilines is 2. The molecule has 1 saturated heterocycles. The van der Waals surface area contributed by atoms with Crippen molar-refractivity contribution >= 4 is 28.7 Å². The van der Waals surface area contributed by atoms with Crippen molar-refractivity contribution in [2.45, 2.75) is 6.42 Å². The Morgan fingerprint density at radius 3 is 3.22 bits per heavy atom. The van der Waals surface area contributed by atoms with Gasteiger partial charge in [0.15, 0.2) is 5.58 Å². The summed E-state index contributed by atoms with van der Waals surface area (Å²) in [6.45, 7) is 1.73. The SMILES string of the molecule is Nc1ccc2nc(N3CCCNC(=O)C3)oc2c1. The summed E-state index contributed by atoms with van der Waals surface area (Å²) in [6, 6.07) is 5.82. The summed E-state index contributed by atoms with van der Waals surface area (Å²) in [7, 11) is 0. The fourth-order valence-electron chi connectivity index (χ4n) is 2.03. The molecule has 18 heavy (non-hydrogen) atoms. The lowest BCUT2D eigenvalue weighted by molar-refractivity contribution is -0.119. The Morgan fingerprint density at radius 1 is 1.44 bits per heavy atom. The molecule has 1 aromatic heterocycles. The van der Waals surface area contributed by atoms with Gasteiger partial charge in [-0.15, -0.1) is 0 Å². The predicted octanol–water partition coefficient (Wildman–Crippen LogP) is 0.736. The lowest BCUT2D eigenvalue weighted by atomic mass is 10.3. The van der Waals surface area contributed by atoms with E-state index in [1.807, 2.05) is 11.0 Å². The smallest absolute Gasteiger partial charge is 0.298 e. The molecule has 2 aromatic rings. The molecular formula is C12H14N4O2. The van der Waals surface area contributed by atoms with Gasteiger partial charge in [0.25, 0.3) is 6.01 Å². The van der Waals surface area contributed by atoms with Crippen molar-refractivity contribution in [1.29, 1.82) is 0 Å². The third kappa shape index (κ3) is 1.97. The van der Waals surface area contributed by atoms with Gasteiger partial charge in [-0.25, -0.2) is 0 Å². The Balaban J connectivity index is 1.95. The van der Waals surface area contributed by atoms with Crippen LogP contribution in [0.15, 0.2) is 22.6 Å². The molecule has 0 radical (unpaired) electrons. The Labute approximate surface area is 104 Å². The number of hydrogen-bond acceptors (Lipinski definition) is 5. The Morgan fingerprint density at radius 2 is 2.33 bits per heavy atom. The van der Waals surface area contributed by atoms with E-state index >= 15 is 0 Å². The third-order valence-electron chi connectivity index (χ3n) is 2.93. The van der Waals surface area contributed by atoms with Gasteiger partial charge in [0.05, 0.1) is 0 Å². The molecule has 1 aromatic carbocycles. The molecule has 94 valence electrons. The maximum Gasteiger partial charge on any atom is 0.298 e. The molecule has 6 heteroatoms. The van der Waals surface area contributed by atoms with Crippen LogP contribution in [0.1, 0.15) is 6.42 Å². The van der Waals surface area contributed by atoms with Gasteiger partial charge in [0, 0.05) is 24.8 Å². The number of fused-ring (bicyclic) bond motifs is 1. The third-order valence-corrected chi connectivity index (χ3v) is 2.93. The second-order valence-corrected chi connectivity index (χ2v) is 4.35. The van der Waals surface area contributed by atoms with E-state index in [1.165, 1.54) is 0 Å². The van der Waals surface area contributed by atoms with Crippen LogP contribution in [0.25, 0.3) is 11.1 Å². The average molecular weight is 246 g/mol. The molecule has 0 saturated carbocycles. The van der Waals surface area contributed by atoms with E-state index in [4.69, 9.17) is 10.2 Å². The molecule has 1 aliphatic rings. The first-order valence-corrected chi connectivity index (χ1v) is 5.90. The van der Waals surface area contributed by atoms with Gasteiger partial charge >= 0.3 is 0 Å². The Hall–Kier alpha value is -2.24. The Kier molecular flexibility index (Phi) is 2.55. The summed E-state index contributed by atoms with van der Waals surface area (Å²) in [5.74, 6) is -0.00531. The highest BCUT2D eigenvalue weighted by molar-refractivity contribution is 5.82. The molecule has 3 N–H and O–H groups in total. The van der Waals surface area contributed by atoms with E-state index in [1.54, 1.807) is 12.1 Å². The van der Waals surface area contributed by atoms with Crippen LogP contribution in [0.4, 0.5) is 11.7 Å². The zero-order valence-electron chi connectivity index (χ0n) is 9.85. The summed E-state index contributed by atoms with van der Waals surface area (Å²) in [5.41, 5.74) is 7.73. The minimum atomic E-state index is -0.00531. The summed E-state index contributed by atoms with van der Waals surface area (Å²) in [5, 5.41) is 2.82. The van der Waals surface area contributed by atoms with E-state index in [2.05, 4.69) is 10.3 Å². The molecule has 0 spiro atoms. The highest BCUT2D eigenvalue weighted by atomic mass is 16.4. The first kappa shape index (κ1) is 10.9. The fraction of sp³-hybridized carbons (Fsp3) is 0.333. The van der Waals surface area contributed by atoms with E-state index < -0.39 is 0 Å². The summed E-state index contributed by atoms with van der Waals surface area (Å²) < 4.78 is 5.65. The number of benzene rings is 1. The molecule has 0 bridgehead atoms. The molecular weight excluding hydrogens is 232 g/mol. The monoisotopic (exact) mass is 246 g/mol. The Bertz CT molecular complexity index is 593. The average Bonchev–Trinajstić information content (AvgIpc) is 2.63. The van der Waals surface area contributed by atoms with Crippen LogP contribution in [0.3, 0.4) is 0 Å². The maximum absolute atomic E-state index is 11.5. The minimum Gasteiger partial charge on any atom is -0.423 e. The number of nitrogens with two attached hydrogens (primary N) is 1. The van der Waals surface area contributed by atoms with Gasteiger partial charge < -0.3 is 20.4 Å². The first-order valence-electron chi connectivity index (χ1n) is 5.90. The zero-order valence-corrected chi connectivity index (χ0v) is 9.85. The quantitative estimate of drug-likeness (QED) is 0.725. The van der Waals surface area contributed by atoms with Crippen molar-refractivity contribution < 1.29 is 9.21 Å². The van der Waals surface area contributed by atoms with Crippen molar-refractivity contribution in [3.63, 3.8) is 0 Å². The van der Waals surface area contributed by atoms with Gasteiger partial charge in [-0.05, 0) is 18.6 Å². The summed E-state index contributed by atoms with van der Waals surface area (Å²) >= 11 is 0. The van der Waals surface area contributed by atoms with Crippen LogP contribution >= 0.6 is 0 Å². The van der Waals surface area contributed by atoms with E-state index in [-0.39, 0.29) is 12.5 Å². The van der Waals surface area contributed by atoms with Crippen molar-refractivity contribution in [3.8, 4) is 0 Å². The molecule has 1 fully saturated rings. The van der Waals surface area contributed by atoms with Crippen molar-refractivity contribution in [2.24, 2.45) is 0 Å². The molecule has 0 unspecified atom stereocenters. The van der Waals surface area contributed by atoms with Crippen LogP contribution in [0, 0.1) is 0 Å². The fourth-order valence-corrected chi connectivity index (χ4v) is 2.03. The highest BCUT2D eigenvalue weighted by Gasteiger charge is 2.19. The number of nitrogen functional groups attached to an aromatic ring is 1. The molecule has 6 nitrogen and oxygen atoms in total. The lowest BCUT2D eigenvalue weighted by Crippen LogP contribution is -2.33. The van der Waals surface area contributed by atoms with Crippen molar-refractivity contribution in [2.75, 3.05) is 30.3 Å². The number of rotatable bonds is 1. The van der Waals surface area contributed by atoms with E-state index in [0.717, 1.165) is 18.5 Å². The first-order chi connectivity index (χ1) is 8.72. The van der Waals surface area contributed by atoms with Crippen LogP contribution in [0.2, 0.25) is 0 Å². The van der Waals surface area contributed by atoms with Gasteiger partial charge in [-0.3, -0.25) is 4.79 Å². The molecule has 1 amide bonds. The lowest BCUT2D eigenvalue weighted by Gasteiger charge is -2.15. The zero-order chi connectivity index (χ0) is 12.5. The highest BCUT2D eigenvalue weighted by Crippen LogP contribution is 2.24. The number of amides is 1. The maximum atomic E-state index is 11.5. The van der Waals surface area contributed by atoms with Gasteiger partial charge in [-0.1, -0.05) is 0 Å². The second-order valence-electron chi connectivity index (χ2n) is 4.35. The number of carbonyl (C=O) groups excluding carboxylic acids is 1. The molecule has 3 rings (SSSR count). The van der Waals surface area contributed by atoms with Crippen molar-refractivity contribution in [1.82, 2.24) is 10.3 Å². The molecule has 0 atom stereocenters. The summed E-state index contributed by atoms with van der Waals surface area (Å²) in [4.78, 5) is 17.7. The largest absolute Gasteiger partial charge is 0.423 e. The van der Waals surface area contributed by atoms with Crippen LogP contribution in [-0.2, 0) is 4.79 Å². The van der Waals surface area contributed by atoms with Crippen LogP contribution < -0.4 is 16.0 Å². The number of hydrogen-bond donors (Lipinski definition) is 2. The standard InChI is InChI=1S/C12H14N4O2/c13-8-2-3-9-10(6-8)18-12(15-9)16-5-1-4-14-11(17)7-16/h2-3,6H,1,4-5,7,13H2,(H,14,17). The number of aromatic nitrogens is 1. The topological polar surface area (TPSA) is 84.4 Å². The number of carbonyl (C=O) groups is 1. The predicted molar refractivity (Wildman–Crippen MR) is 68.3 cm³/mol. The minimum absolute atomic E-state index is 0.00531. The number of nitrogens with one attached hydrogen (secondary N) is 1. The van der Waals surface area contributed by atoms with Gasteiger partial charge in [-0.2, -0.15) is 4.98 Å².